The first kappa shape index (κ1) is 25.0. The summed E-state index contributed by atoms with van der Waals surface area (Å²) in [5.74, 6) is 1.67. The highest BCUT2D eigenvalue weighted by Gasteiger charge is 2.35. The van der Waals surface area contributed by atoms with Crippen LogP contribution in [0, 0.1) is 0 Å². The monoisotopic (exact) mass is 500 g/mol. The zero-order chi connectivity index (χ0) is 25.6. The number of aliphatic imine (C=N–C) groups is 1. The van der Waals surface area contributed by atoms with Gasteiger partial charge in [-0.1, -0.05) is 68.3 Å². The van der Waals surface area contributed by atoms with Gasteiger partial charge in [0.1, 0.15) is 6.17 Å². The van der Waals surface area contributed by atoms with Crippen LogP contribution in [0.3, 0.4) is 0 Å². The molecule has 2 aromatic carbocycles. The van der Waals surface area contributed by atoms with Gasteiger partial charge in [-0.05, 0) is 41.2 Å². The third kappa shape index (κ3) is 5.51. The summed E-state index contributed by atoms with van der Waals surface area (Å²) in [7, 11) is 2.11. The topological polar surface area (TPSA) is 96.8 Å². The molecule has 0 saturated carbocycles. The molecule has 1 atom stereocenters. The Morgan fingerprint density at radius 2 is 1.84 bits per heavy atom. The Morgan fingerprint density at radius 3 is 2.57 bits per heavy atom. The van der Waals surface area contributed by atoms with Crippen LogP contribution in [0.25, 0.3) is 22.5 Å². The van der Waals surface area contributed by atoms with Crippen molar-refractivity contribution < 1.29 is 5.11 Å². The van der Waals surface area contributed by atoms with E-state index in [1.54, 1.807) is 0 Å². The number of hydrogen-bond acceptors (Lipinski definition) is 8. The van der Waals surface area contributed by atoms with E-state index < -0.39 is 0 Å². The van der Waals surface area contributed by atoms with Crippen LogP contribution in [0.4, 0.5) is 0 Å². The normalized spacial score (nSPS) is 17.2. The second-order valence-electron chi connectivity index (χ2n) is 9.78. The molecular formula is C28H36N8O. The predicted octanol–water partition coefficient (Wildman–Crippen LogP) is 4.08. The first-order valence-electron chi connectivity index (χ1n) is 13.2. The number of fused-ring (bicyclic) bond motifs is 1. The summed E-state index contributed by atoms with van der Waals surface area (Å²) in [6.45, 7) is 4.87. The fraction of sp³-hybridized carbons (Fsp3) is 0.429. The number of tetrazole rings is 1. The number of hydrogen-bond donors (Lipinski definition) is 2. The number of benzene rings is 2. The van der Waals surface area contributed by atoms with Gasteiger partial charge in [-0.25, -0.2) is 4.99 Å². The lowest BCUT2D eigenvalue weighted by Crippen LogP contribution is -2.44. The molecule has 0 bridgehead atoms. The quantitative estimate of drug-likeness (QED) is 0.383. The predicted molar refractivity (Wildman–Crippen MR) is 145 cm³/mol. The molecule has 1 aromatic heterocycles. The van der Waals surface area contributed by atoms with E-state index in [4.69, 9.17) is 4.99 Å². The number of amidine groups is 1. The van der Waals surface area contributed by atoms with Crippen molar-refractivity contribution in [2.75, 3.05) is 26.9 Å². The Morgan fingerprint density at radius 1 is 1.03 bits per heavy atom. The van der Waals surface area contributed by atoms with Crippen molar-refractivity contribution in [1.82, 2.24) is 35.3 Å². The van der Waals surface area contributed by atoms with Gasteiger partial charge < -0.3 is 19.8 Å². The molecule has 0 radical (unpaired) electrons. The van der Waals surface area contributed by atoms with Crippen molar-refractivity contribution in [2.45, 2.75) is 51.7 Å². The van der Waals surface area contributed by atoms with Gasteiger partial charge in [0, 0.05) is 38.5 Å². The van der Waals surface area contributed by atoms with Gasteiger partial charge in [0.25, 0.3) is 0 Å². The highest BCUT2D eigenvalue weighted by atomic mass is 16.3. The first-order valence-corrected chi connectivity index (χ1v) is 13.2. The molecule has 5 rings (SSSR count). The van der Waals surface area contributed by atoms with Crippen molar-refractivity contribution in [3.63, 3.8) is 0 Å². The number of aliphatic hydroxyl groups is 1. The SMILES string of the molecule is CCCCCC1N=C2C(=CN(CCCO)CN2C)N1Cc1ccc(-c2ccccc2-c2nn[nH]n2)cc1. The number of aliphatic hydroxyl groups excluding tert-OH is 1. The Kier molecular flexibility index (Phi) is 7.79. The molecule has 0 saturated heterocycles. The highest BCUT2D eigenvalue weighted by molar-refractivity contribution is 5.99. The molecular weight excluding hydrogens is 464 g/mol. The van der Waals surface area contributed by atoms with Crippen LogP contribution >= 0.6 is 0 Å². The van der Waals surface area contributed by atoms with Crippen molar-refractivity contribution in [3.05, 3.63) is 66.0 Å². The Balaban J connectivity index is 1.39. The number of rotatable bonds is 11. The lowest BCUT2D eigenvalue weighted by atomic mass is 9.98. The second kappa shape index (κ2) is 11.6. The van der Waals surface area contributed by atoms with E-state index in [0.29, 0.717) is 5.82 Å². The Hall–Kier alpha value is -3.72. The van der Waals surface area contributed by atoms with Crippen LogP contribution in [0.5, 0.6) is 0 Å². The summed E-state index contributed by atoms with van der Waals surface area (Å²) in [5.41, 5.74) is 5.58. The third-order valence-electron chi connectivity index (χ3n) is 7.03. The van der Waals surface area contributed by atoms with Crippen molar-refractivity contribution in [3.8, 4) is 22.5 Å². The number of nitrogens with zero attached hydrogens (tertiary/aromatic N) is 7. The minimum atomic E-state index is 0.145. The van der Waals surface area contributed by atoms with Gasteiger partial charge in [0.05, 0.1) is 12.4 Å². The second-order valence-corrected chi connectivity index (χ2v) is 9.78. The molecule has 0 amide bonds. The molecule has 2 aliphatic rings. The minimum Gasteiger partial charge on any atom is -0.396 e. The summed E-state index contributed by atoms with van der Waals surface area (Å²) >= 11 is 0. The summed E-state index contributed by atoms with van der Waals surface area (Å²) in [6, 6.07) is 16.9. The van der Waals surface area contributed by atoms with Crippen molar-refractivity contribution in [1.29, 1.82) is 0 Å². The standard InChI is InChI=1S/C28H36N8O/c1-3-4-5-11-26-29-28-25(19-35(16-8-17-37)20-34(28)2)36(26)18-21-12-14-22(15-13-21)23-9-6-7-10-24(23)27-30-32-33-31-27/h6-7,9-10,12-15,19,26,37H,3-5,8,11,16-18,20H2,1-2H3,(H,30,31,32,33). The molecule has 37 heavy (non-hydrogen) atoms. The Bertz CT molecular complexity index is 1220. The molecule has 0 aliphatic carbocycles. The molecule has 0 spiro atoms. The van der Waals surface area contributed by atoms with E-state index in [1.807, 2.05) is 18.2 Å². The summed E-state index contributed by atoms with van der Waals surface area (Å²) < 4.78 is 0. The molecule has 1 unspecified atom stereocenters. The van der Waals surface area contributed by atoms with Crippen LogP contribution in [0.2, 0.25) is 0 Å². The minimum absolute atomic E-state index is 0.145. The van der Waals surface area contributed by atoms with E-state index in [9.17, 15) is 5.11 Å². The van der Waals surface area contributed by atoms with Crippen LogP contribution in [0.15, 0.2) is 65.4 Å². The van der Waals surface area contributed by atoms with E-state index in [0.717, 1.165) is 55.1 Å². The smallest absolute Gasteiger partial charge is 0.205 e. The van der Waals surface area contributed by atoms with Crippen LogP contribution in [-0.4, -0.2) is 79.3 Å². The molecule has 0 fully saturated rings. The number of unbranched alkanes of at least 4 members (excludes halogenated alkanes) is 2. The number of aromatic amines is 1. The number of nitrogens with one attached hydrogen (secondary N) is 1. The fourth-order valence-electron chi connectivity index (χ4n) is 5.13. The van der Waals surface area contributed by atoms with Crippen molar-refractivity contribution >= 4 is 5.84 Å². The van der Waals surface area contributed by atoms with Gasteiger partial charge in [-0.15, -0.1) is 10.2 Å². The molecule has 9 heteroatoms. The summed E-state index contributed by atoms with van der Waals surface area (Å²) in [5, 5.41) is 23.9. The van der Waals surface area contributed by atoms with Crippen LogP contribution in [0.1, 0.15) is 44.6 Å². The molecule has 3 aromatic rings. The molecule has 2 N–H and O–H groups in total. The van der Waals surface area contributed by atoms with E-state index in [2.05, 4.69) is 85.8 Å². The number of likely N-dealkylation sites (N-methyl/N-ethyl adjacent to an activating group) is 1. The zero-order valence-electron chi connectivity index (χ0n) is 21.7. The maximum atomic E-state index is 9.33. The highest BCUT2D eigenvalue weighted by Crippen LogP contribution is 2.33. The number of aromatic nitrogens is 4. The fourth-order valence-corrected chi connectivity index (χ4v) is 5.13. The van der Waals surface area contributed by atoms with Gasteiger partial charge in [0.15, 0.2) is 5.84 Å². The van der Waals surface area contributed by atoms with E-state index in [-0.39, 0.29) is 12.8 Å². The Labute approximate surface area is 218 Å². The average molecular weight is 501 g/mol. The molecule has 3 heterocycles. The van der Waals surface area contributed by atoms with Crippen LogP contribution < -0.4 is 0 Å². The largest absolute Gasteiger partial charge is 0.396 e. The van der Waals surface area contributed by atoms with E-state index in [1.165, 1.54) is 30.5 Å². The van der Waals surface area contributed by atoms with Crippen LogP contribution in [-0.2, 0) is 6.54 Å². The number of H-pyrrole nitrogens is 1. The first-order chi connectivity index (χ1) is 18.2. The zero-order valence-corrected chi connectivity index (χ0v) is 21.7. The van der Waals surface area contributed by atoms with Gasteiger partial charge in [-0.2, -0.15) is 5.21 Å². The molecule has 194 valence electrons. The summed E-state index contributed by atoms with van der Waals surface area (Å²) in [4.78, 5) is 12.1. The lowest BCUT2D eigenvalue weighted by molar-refractivity contribution is 0.209. The van der Waals surface area contributed by atoms with E-state index >= 15 is 0 Å². The maximum absolute atomic E-state index is 9.33. The summed E-state index contributed by atoms with van der Waals surface area (Å²) in [6.07, 6.45) is 7.79. The molecule has 2 aliphatic heterocycles. The lowest BCUT2D eigenvalue weighted by Gasteiger charge is -2.36. The van der Waals surface area contributed by atoms with Gasteiger partial charge in [0.2, 0.25) is 5.82 Å². The van der Waals surface area contributed by atoms with Gasteiger partial charge in [-0.3, -0.25) is 0 Å². The van der Waals surface area contributed by atoms with Gasteiger partial charge >= 0.3 is 0 Å². The van der Waals surface area contributed by atoms with Crippen molar-refractivity contribution in [2.24, 2.45) is 4.99 Å². The maximum Gasteiger partial charge on any atom is 0.205 e. The average Bonchev–Trinajstić information content (AvgIpc) is 3.58. The molecule has 9 nitrogen and oxygen atoms in total. The third-order valence-corrected chi connectivity index (χ3v) is 7.03.